The minimum atomic E-state index is -2.93. The average Bonchev–Trinajstić information content (AvgIpc) is 1.66. The maximum absolute atomic E-state index is 10.6. The topological polar surface area (TPSA) is 35.9 Å². The Morgan fingerprint density at radius 1 is 0.443 bits per heavy atom. The number of para-hydroxylation sites is 1. The highest BCUT2D eigenvalue weighted by Crippen LogP contribution is 2.44. The Kier molecular flexibility index (Phi) is 7.57. The number of benzene rings is 12. The van der Waals surface area contributed by atoms with Gasteiger partial charge in [-0.15, -0.1) is 0 Å². The molecule has 0 N–H and O–H groups in total. The molecule has 5 heteroatoms. The molecule has 0 saturated heterocycles. The van der Waals surface area contributed by atoms with Crippen molar-refractivity contribution >= 4 is 32.8 Å². The van der Waals surface area contributed by atoms with Crippen LogP contribution in [0.2, 0.25) is 0 Å². The summed E-state index contributed by atoms with van der Waals surface area (Å²) in [7, 11) is 0. The molecule has 0 atom stereocenters. The molecule has 0 radical (unpaired) electrons. The summed E-state index contributed by atoms with van der Waals surface area (Å²) in [6.45, 7) is 2.86. The first-order chi connectivity index (χ1) is 56.0. The number of fused-ring (bicyclic) bond motifs is 4. The van der Waals surface area contributed by atoms with Crippen LogP contribution in [-0.4, -0.2) is 14.1 Å². The molecule has 88 heavy (non-hydrogen) atoms. The Morgan fingerprint density at radius 3 is 1.68 bits per heavy atom. The number of aryl methyl sites for hydroxylation is 1. The first kappa shape index (κ1) is 29.8. The Morgan fingerprint density at radius 2 is 1.02 bits per heavy atom. The zero-order valence-electron chi connectivity index (χ0n) is 77.9. The number of pyridine rings is 1. The van der Waals surface area contributed by atoms with E-state index in [1.165, 1.54) is 45.5 Å². The standard InChI is InChI=1S/C83H62N4O/c1-56-44-81(84-54-76(56)61-32-18-9-19-33-61)87-77-39-21-20-38-72(77)73-42-41-71(53-79(73)87)88-70-37-23-36-69(52-70)85-55-86(78-43-40-62(51-80(78)85)57-24-10-5-11-25-57)82-74(63-34-22-35-68(48-63)83(2,3)4)49-66(60-30-16-8-17-31-60)50-75(82)67-46-64(58-26-12-6-13-27-58)45-65(47-67)59-28-14-7-15-29-59/h5-54H,1-4H3/i1D3,5D,6D,7D,8D,9D,10D,11D,12D,13D,14D,15D,16D,17D,18D,19D,24D,25D,26D,27D,28D,29D,30D,31D,32D,33D,45D,46D,47D. The maximum Gasteiger partial charge on any atom is 0.269 e. The van der Waals surface area contributed by atoms with Gasteiger partial charge < -0.3 is 4.74 Å². The number of ether oxygens (including phenoxy) is 1. The van der Waals surface area contributed by atoms with Crippen LogP contribution in [0.4, 0.5) is 0 Å². The molecular weight excluding hydrogens is 1070 g/mol. The van der Waals surface area contributed by atoms with Gasteiger partial charge in [-0.1, -0.05) is 232 Å². The summed E-state index contributed by atoms with van der Waals surface area (Å²) in [5.41, 5.74) is -4.17. The van der Waals surface area contributed by atoms with E-state index in [2.05, 4.69) is 6.33 Å². The smallest absolute Gasteiger partial charge is 0.269 e. The third-order valence-electron chi connectivity index (χ3n) is 15.0. The Bertz CT molecular complexity index is 6740. The molecule has 0 fully saturated rings. The van der Waals surface area contributed by atoms with Crippen molar-refractivity contribution in [3.63, 3.8) is 0 Å². The Hall–Kier alpha value is -11.1. The Balaban J connectivity index is 1.05. The van der Waals surface area contributed by atoms with Gasteiger partial charge in [0.1, 0.15) is 17.3 Å². The van der Waals surface area contributed by atoms with Crippen molar-refractivity contribution < 1.29 is 51.8 Å². The molecule has 420 valence electrons. The third kappa shape index (κ3) is 10.1. The predicted molar refractivity (Wildman–Crippen MR) is 364 cm³/mol. The number of nitrogens with zero attached hydrogens (tertiary/aromatic N) is 4. The summed E-state index contributed by atoms with van der Waals surface area (Å²) < 4.78 is 293. The predicted octanol–water partition coefficient (Wildman–Crippen LogP) is 21.3. The van der Waals surface area contributed by atoms with E-state index >= 15 is 0 Å². The van der Waals surface area contributed by atoms with Crippen molar-refractivity contribution in [2.75, 3.05) is 0 Å². The van der Waals surface area contributed by atoms with E-state index in [1.54, 1.807) is 83.4 Å². The minimum absolute atomic E-state index is 0.0593. The third-order valence-corrected chi connectivity index (χ3v) is 15.0. The zero-order valence-corrected chi connectivity index (χ0v) is 46.9. The molecule has 15 aromatic rings. The summed E-state index contributed by atoms with van der Waals surface area (Å²) in [5.74, 6) is 0.394. The molecular formula is C83H62N4O. The van der Waals surface area contributed by atoms with Crippen molar-refractivity contribution in [2.45, 2.75) is 33.0 Å². The quantitative estimate of drug-likeness (QED) is 0.0903. The monoisotopic (exact) mass is 1160 g/mol. The fraction of sp³-hybridized carbons (Fsp3) is 0.0602. The molecule has 3 heterocycles. The highest BCUT2D eigenvalue weighted by molar-refractivity contribution is 6.09. The van der Waals surface area contributed by atoms with E-state index < -0.39 is 215 Å². The number of imidazole rings is 1. The van der Waals surface area contributed by atoms with Gasteiger partial charge in [0.2, 0.25) is 0 Å². The second-order valence-corrected chi connectivity index (χ2v) is 21.4. The molecule has 5 nitrogen and oxygen atoms in total. The van der Waals surface area contributed by atoms with Gasteiger partial charge in [0, 0.05) is 32.7 Å². The van der Waals surface area contributed by atoms with Crippen LogP contribution in [0, 0.1) is 13.2 Å². The highest BCUT2D eigenvalue weighted by Gasteiger charge is 2.25. The molecule has 12 aromatic carbocycles. The van der Waals surface area contributed by atoms with Gasteiger partial charge in [-0.3, -0.25) is 13.7 Å². The van der Waals surface area contributed by atoms with Crippen LogP contribution in [0.5, 0.6) is 11.5 Å². The second kappa shape index (κ2) is 22.4. The summed E-state index contributed by atoms with van der Waals surface area (Å²) >= 11 is 0. The van der Waals surface area contributed by atoms with Gasteiger partial charge in [-0.2, -0.15) is 0 Å². The second-order valence-electron chi connectivity index (χ2n) is 21.4. The fourth-order valence-electron chi connectivity index (χ4n) is 10.8. The highest BCUT2D eigenvalue weighted by atomic mass is 16.5. The first-order valence-electron chi connectivity index (χ1n) is 43.1. The normalized spacial score (nSPS) is 16.7. The molecule has 0 aliphatic carbocycles. The first-order valence-corrected chi connectivity index (χ1v) is 27.6. The average molecular weight is 1160 g/mol. The SMILES string of the molecule is [2H]c1c([2H])c([2H])c(-c2cc(-c3cccc(C(C)(C)C)c3)c(-[n+]3[c-]n(-c4cccc(Oc5ccc6c7ccccc7n(-c7cc(C([2H])([2H])[2H])c(-c8c([2H])c([2H])c([2H])c([2H])c8[2H])cn7)c6c5)c4)c4cc(-c5c([2H])c([2H])c([2H])c([2H])c5[2H])ccc43)c(-c3c([2H])c(-c4c([2H])c([2H])c([2H])c([2H])c4[2H])c([2H])c(-c4c([2H])c([2H])c([2H])c([2H])c4[2H])c3[2H])c2)c([2H])c1[2H]. The summed E-state index contributed by atoms with van der Waals surface area (Å²) in [6, 6.07) is 11.8. The lowest BCUT2D eigenvalue weighted by Crippen LogP contribution is -2.31. The van der Waals surface area contributed by atoms with Gasteiger partial charge in [0.25, 0.3) is 6.33 Å². The molecule has 0 saturated carbocycles. The van der Waals surface area contributed by atoms with Gasteiger partial charge in [-0.25, -0.2) is 4.98 Å². The van der Waals surface area contributed by atoms with E-state index in [4.69, 9.17) is 37.1 Å². The minimum Gasteiger partial charge on any atom is -0.458 e. The van der Waals surface area contributed by atoms with Crippen LogP contribution in [0.3, 0.4) is 0 Å². The molecule has 0 spiro atoms. The summed E-state index contributed by atoms with van der Waals surface area (Å²) in [5, 5.41) is 1.34. The lowest BCUT2D eigenvalue weighted by molar-refractivity contribution is -0.571. The Labute approximate surface area is 557 Å². The number of rotatable bonds is 12. The van der Waals surface area contributed by atoms with Crippen LogP contribution in [0.1, 0.15) is 74.4 Å². The molecule has 0 aliphatic heterocycles. The van der Waals surface area contributed by atoms with Gasteiger partial charge in [-0.05, 0) is 175 Å². The molecule has 0 unspecified atom stereocenters. The van der Waals surface area contributed by atoms with Crippen molar-refractivity contribution in [1.82, 2.24) is 14.1 Å². The lowest BCUT2D eigenvalue weighted by atomic mass is 9.84. The maximum atomic E-state index is 10.6. The van der Waals surface area contributed by atoms with Crippen LogP contribution in [0.15, 0.2) is 303 Å². The zero-order chi connectivity index (χ0) is 86.2. The van der Waals surface area contributed by atoms with Gasteiger partial charge in [0.05, 0.1) is 71.8 Å². The van der Waals surface area contributed by atoms with E-state index in [9.17, 15) is 15.1 Å². The van der Waals surface area contributed by atoms with Crippen LogP contribution in [0.25, 0.3) is 128 Å². The summed E-state index contributed by atoms with van der Waals surface area (Å²) in [6.07, 6.45) is 4.62. The van der Waals surface area contributed by atoms with Gasteiger partial charge in [0.15, 0.2) is 0 Å². The summed E-state index contributed by atoms with van der Waals surface area (Å²) in [4.78, 5) is 4.71. The number of hydrogen-bond donors (Lipinski definition) is 0. The fourth-order valence-corrected chi connectivity index (χ4v) is 10.8. The van der Waals surface area contributed by atoms with Gasteiger partial charge >= 0.3 is 0 Å². The largest absolute Gasteiger partial charge is 0.458 e. The van der Waals surface area contributed by atoms with Crippen LogP contribution >= 0.6 is 0 Å². The molecule has 0 amide bonds. The van der Waals surface area contributed by atoms with E-state index in [0.29, 0.717) is 32.9 Å². The van der Waals surface area contributed by atoms with E-state index in [1.807, 2.05) is 32.9 Å². The lowest BCUT2D eigenvalue weighted by Gasteiger charge is -2.23. The molecule has 0 aliphatic rings. The van der Waals surface area contributed by atoms with Crippen LogP contribution in [-0.2, 0) is 5.41 Å². The molecule has 15 rings (SSSR count). The molecule has 0 bridgehead atoms. The van der Waals surface area contributed by atoms with E-state index in [-0.39, 0.29) is 84.2 Å². The number of hydrogen-bond acceptors (Lipinski definition) is 2. The van der Waals surface area contributed by atoms with Crippen molar-refractivity contribution in [3.05, 3.63) is 320 Å². The number of aromatic nitrogens is 4. The van der Waals surface area contributed by atoms with Crippen molar-refractivity contribution in [3.8, 4) is 107 Å². The molecule has 3 aromatic heterocycles. The van der Waals surface area contributed by atoms with E-state index in [0.717, 1.165) is 6.20 Å². The van der Waals surface area contributed by atoms with Crippen molar-refractivity contribution in [1.29, 1.82) is 0 Å². The van der Waals surface area contributed by atoms with Crippen LogP contribution < -0.4 is 9.30 Å². The van der Waals surface area contributed by atoms with Crippen molar-refractivity contribution in [2.24, 2.45) is 0 Å².